The van der Waals surface area contributed by atoms with Crippen LogP contribution in [0.4, 0.5) is 0 Å². The normalized spacial score (nSPS) is 21.6. The first-order valence-corrected chi connectivity index (χ1v) is 7.74. The zero-order valence-electron chi connectivity index (χ0n) is 10.4. The van der Waals surface area contributed by atoms with Gasteiger partial charge < -0.3 is 0 Å². The Morgan fingerprint density at radius 2 is 2.30 bits per heavy atom. The fourth-order valence-electron chi connectivity index (χ4n) is 2.07. The number of carbonyl (C=O) groups is 2. The molecule has 9 heteroatoms. The summed E-state index contributed by atoms with van der Waals surface area (Å²) in [6.07, 6.45) is 1.91. The van der Waals surface area contributed by atoms with E-state index in [1.807, 2.05) is 0 Å². The minimum atomic E-state index is -0.726. The molecule has 0 radical (unpaired) electrons. The average Bonchev–Trinajstić information content (AvgIpc) is 2.87. The van der Waals surface area contributed by atoms with Crippen molar-refractivity contribution in [2.24, 2.45) is 0 Å². The zero-order valence-corrected chi connectivity index (χ0v) is 14.9. The van der Waals surface area contributed by atoms with Gasteiger partial charge in [0.1, 0.15) is 0 Å². The van der Waals surface area contributed by atoms with Gasteiger partial charge in [-0.25, -0.2) is 0 Å². The van der Waals surface area contributed by atoms with Crippen LogP contribution in [0.15, 0.2) is 15.8 Å². The molecule has 1 saturated heterocycles. The number of carbonyl (C=O) groups excluding carboxylic acids is 2. The Morgan fingerprint density at radius 3 is 2.95 bits per heavy atom. The van der Waals surface area contributed by atoms with Gasteiger partial charge in [-0.2, -0.15) is 0 Å². The molecule has 0 saturated carbocycles. The average molecular weight is 472 g/mol. The van der Waals surface area contributed by atoms with Crippen LogP contribution < -0.4 is 11.2 Å². The third-order valence-corrected chi connectivity index (χ3v) is 4.07. The monoisotopic (exact) mass is 472 g/mol. The third kappa shape index (κ3) is 3.23. The van der Waals surface area contributed by atoms with E-state index in [-0.39, 0.29) is 50.3 Å². The summed E-state index contributed by atoms with van der Waals surface area (Å²) >= 11 is 0.140. The second-order valence-corrected chi connectivity index (χ2v) is 5.27. The van der Waals surface area contributed by atoms with E-state index >= 15 is 0 Å². The van der Waals surface area contributed by atoms with Crippen LogP contribution in [0, 0.1) is 0 Å². The Kier molecular flexibility index (Phi) is 4.86. The van der Waals surface area contributed by atoms with Crippen LogP contribution in [0.1, 0.15) is 35.8 Å². The molecule has 0 bridgehead atoms. The molecule has 1 aliphatic rings. The molecule has 2 atom stereocenters. The molecule has 2 rings (SSSR count). The van der Waals surface area contributed by atoms with Crippen LogP contribution in [0.5, 0.6) is 0 Å². The van der Waals surface area contributed by atoms with Crippen molar-refractivity contribution < 1.29 is 17.0 Å². The van der Waals surface area contributed by atoms with Crippen molar-refractivity contribution >= 4 is 38.5 Å². The number of hydrogen-bond acceptors (Lipinski definition) is 6. The van der Waals surface area contributed by atoms with Crippen LogP contribution in [-0.4, -0.2) is 54.1 Å². The van der Waals surface area contributed by atoms with E-state index in [1.54, 1.807) is 0 Å². The number of rotatable bonds is 4. The second kappa shape index (κ2) is 6.43. The molecule has 1 N–H and O–H groups in total. The first-order valence-electron chi connectivity index (χ1n) is 5.90. The second-order valence-electron chi connectivity index (χ2n) is 4.35. The predicted octanol–water partition coefficient (Wildman–Crippen LogP) is -0.956. The topological polar surface area (TPSA) is 107 Å². The summed E-state index contributed by atoms with van der Waals surface area (Å²) in [5, 5.41) is 0. The van der Waals surface area contributed by atoms with Crippen molar-refractivity contribution in [2.75, 3.05) is 0 Å². The Bertz CT molecular complexity index is 637. The summed E-state index contributed by atoms with van der Waals surface area (Å²) in [5.74, 6) is -0.317. The molecule has 0 amide bonds. The fraction of sp³-hybridized carbons (Fsp3) is 0.455. The summed E-state index contributed by atoms with van der Waals surface area (Å²) in [4.78, 5) is 47.0. The van der Waals surface area contributed by atoms with Crippen molar-refractivity contribution in [2.45, 2.75) is 31.6 Å². The zero-order chi connectivity index (χ0) is 14.7. The van der Waals surface area contributed by atoms with Crippen LogP contribution in [0.2, 0.25) is 0 Å². The molecule has 1 aliphatic heterocycles. The van der Waals surface area contributed by atoms with Crippen LogP contribution >= 0.6 is 0 Å². The minimum absolute atomic E-state index is 0.140. The van der Waals surface area contributed by atoms with Crippen molar-refractivity contribution in [3.63, 3.8) is 0 Å². The molecule has 0 spiro atoms. The molecule has 2 unspecified atom stereocenters. The van der Waals surface area contributed by atoms with Crippen LogP contribution in [-0.2, 0) is 12.2 Å². The molecule has 20 heavy (non-hydrogen) atoms. The molecule has 0 aliphatic carbocycles. The molecule has 0 aromatic carbocycles. The molecular weight excluding hydrogens is 461 g/mol. The number of nitrogens with zero attached hydrogens (tertiary/aromatic N) is 1. The Hall–Kier alpha value is -1.30. The molecule has 8 nitrogen and oxygen atoms in total. The Balaban J connectivity index is 2.18. The molecule has 1 aromatic rings. The maximum absolute atomic E-state index is 11.7. The van der Waals surface area contributed by atoms with Gasteiger partial charge in [-0.15, -0.1) is 0 Å². The maximum atomic E-state index is 11.7. The van der Waals surface area contributed by atoms with Crippen LogP contribution in [0.3, 0.4) is 0 Å². The first-order chi connectivity index (χ1) is 9.55. The summed E-state index contributed by atoms with van der Waals surface area (Å²) in [6, 6.07) is 0. The van der Waals surface area contributed by atoms with Crippen LogP contribution in [0.25, 0.3) is 0 Å². The van der Waals surface area contributed by atoms with E-state index in [4.69, 9.17) is 7.42 Å². The van der Waals surface area contributed by atoms with Gasteiger partial charge in [0.05, 0.1) is 0 Å². The molecule has 1 fully saturated rings. The Labute approximate surface area is 129 Å². The van der Waals surface area contributed by atoms with Crippen molar-refractivity contribution in [1.29, 1.82) is 0 Å². The number of aldehydes is 1. The van der Waals surface area contributed by atoms with Gasteiger partial charge in [-0.05, 0) is 0 Å². The quantitative estimate of drug-likeness (QED) is 0.448. The first kappa shape index (κ1) is 15.1. The molecule has 104 valence electrons. The van der Waals surface area contributed by atoms with Gasteiger partial charge in [0.15, 0.2) is 0 Å². The van der Waals surface area contributed by atoms with E-state index in [2.05, 4.69) is 4.98 Å². The van der Waals surface area contributed by atoms with Gasteiger partial charge in [0.25, 0.3) is 0 Å². The number of H-pyrrole nitrogens is 1. The van der Waals surface area contributed by atoms with Gasteiger partial charge in [0.2, 0.25) is 0 Å². The van der Waals surface area contributed by atoms with Gasteiger partial charge in [-0.1, -0.05) is 0 Å². The number of aromatic amines is 1. The van der Waals surface area contributed by atoms with E-state index in [0.717, 1.165) is 0 Å². The van der Waals surface area contributed by atoms with Crippen molar-refractivity contribution in [3.05, 3.63) is 32.6 Å². The van der Waals surface area contributed by atoms with Crippen molar-refractivity contribution in [3.8, 4) is 0 Å². The van der Waals surface area contributed by atoms with Crippen molar-refractivity contribution in [1.82, 2.24) is 9.55 Å². The molecule has 1 aromatic heterocycles. The molecule has 2 heterocycles. The number of aromatic nitrogens is 2. The van der Waals surface area contributed by atoms with Gasteiger partial charge in [0, 0.05) is 0 Å². The standard InChI is InChI=1S/C11H12N2O6.Tl/c14-5-6-4-13(11(18)12-10(6)17)8-2-1-7(19-8)3-9(15)16;/h4-5,7-8H,1-3H2,(H,15,16)(H,12,17,18);/q;+1/p-1. The number of ether oxygens (including phenoxy) is 1. The summed E-state index contributed by atoms with van der Waals surface area (Å²) < 4.78 is 11.5. The fourth-order valence-corrected chi connectivity index (χ4v) is 2.45. The predicted molar refractivity (Wildman–Crippen MR) is 66.3 cm³/mol. The summed E-state index contributed by atoms with van der Waals surface area (Å²) in [6.45, 7) is 0. The number of hydrogen-bond donors (Lipinski definition) is 1. The summed E-state index contributed by atoms with van der Waals surface area (Å²) in [5.41, 5.74) is -1.51. The van der Waals surface area contributed by atoms with Gasteiger partial charge >= 0.3 is 129 Å². The van der Waals surface area contributed by atoms with E-state index < -0.39 is 17.5 Å². The van der Waals surface area contributed by atoms with E-state index in [1.165, 1.54) is 10.8 Å². The molecular formula is C11H11N2O6Tl. The van der Waals surface area contributed by atoms with E-state index in [0.29, 0.717) is 19.1 Å². The number of nitrogens with one attached hydrogen (secondary N) is 1. The third-order valence-electron chi connectivity index (χ3n) is 3.04. The van der Waals surface area contributed by atoms with Gasteiger partial charge in [-0.3, -0.25) is 0 Å². The van der Waals surface area contributed by atoms with E-state index in [9.17, 15) is 19.2 Å². The SMILES string of the molecule is O=Cc1cn(C2CCC(CC(=O)[O][Tl])O2)c(=O)[nH]c1=O. The Morgan fingerprint density at radius 1 is 1.55 bits per heavy atom. The summed E-state index contributed by atoms with van der Waals surface area (Å²) in [7, 11) is 0.